The van der Waals surface area contributed by atoms with Crippen molar-refractivity contribution in [3.63, 3.8) is 0 Å². The van der Waals surface area contributed by atoms with Gasteiger partial charge in [0.15, 0.2) is 5.78 Å². The third-order valence-corrected chi connectivity index (χ3v) is 2.65. The normalized spacial score (nSPS) is 11.9. The number of halogens is 2. The SMILES string of the molecule is CCCC(C#N)C(=O)c1cc(F)cc(Br)c1. The van der Waals surface area contributed by atoms with Crippen LogP contribution >= 0.6 is 15.9 Å². The van der Waals surface area contributed by atoms with E-state index in [9.17, 15) is 9.18 Å². The van der Waals surface area contributed by atoms with E-state index in [0.29, 0.717) is 10.9 Å². The Morgan fingerprint density at radius 1 is 1.56 bits per heavy atom. The van der Waals surface area contributed by atoms with Crippen molar-refractivity contribution in [2.45, 2.75) is 19.8 Å². The fourth-order valence-corrected chi connectivity index (χ4v) is 1.91. The number of Topliss-reactive ketones (excluding diaryl/α,β-unsaturated/α-hetero) is 1. The molecule has 0 radical (unpaired) electrons. The fourth-order valence-electron chi connectivity index (χ4n) is 1.44. The molecule has 1 unspecified atom stereocenters. The molecule has 0 N–H and O–H groups in total. The molecule has 0 aliphatic carbocycles. The quantitative estimate of drug-likeness (QED) is 0.791. The van der Waals surface area contributed by atoms with E-state index in [1.807, 2.05) is 13.0 Å². The van der Waals surface area contributed by atoms with Crippen LogP contribution in [0.15, 0.2) is 22.7 Å². The summed E-state index contributed by atoms with van der Waals surface area (Å²) in [5.74, 6) is -1.48. The highest BCUT2D eigenvalue weighted by Gasteiger charge is 2.19. The Kier molecular flexibility index (Phi) is 4.63. The zero-order valence-corrected chi connectivity index (χ0v) is 10.4. The largest absolute Gasteiger partial charge is 0.293 e. The van der Waals surface area contributed by atoms with Gasteiger partial charge in [0.25, 0.3) is 0 Å². The number of carbonyl (C=O) groups excluding carboxylic acids is 1. The second kappa shape index (κ2) is 5.76. The van der Waals surface area contributed by atoms with Crippen molar-refractivity contribution >= 4 is 21.7 Å². The molecule has 0 aliphatic rings. The Labute approximate surface area is 102 Å². The monoisotopic (exact) mass is 283 g/mol. The van der Waals surface area contributed by atoms with Gasteiger partial charge in [0.05, 0.1) is 6.07 Å². The van der Waals surface area contributed by atoms with Crippen LogP contribution < -0.4 is 0 Å². The number of rotatable bonds is 4. The Hall–Kier alpha value is -1.21. The first-order valence-electron chi connectivity index (χ1n) is 4.98. The van der Waals surface area contributed by atoms with Crippen molar-refractivity contribution < 1.29 is 9.18 Å². The van der Waals surface area contributed by atoms with E-state index in [4.69, 9.17) is 5.26 Å². The second-order valence-corrected chi connectivity index (χ2v) is 4.41. The van der Waals surface area contributed by atoms with Gasteiger partial charge in [0.1, 0.15) is 11.7 Å². The van der Waals surface area contributed by atoms with Crippen molar-refractivity contribution in [2.24, 2.45) is 5.92 Å². The third-order valence-electron chi connectivity index (χ3n) is 2.20. The van der Waals surface area contributed by atoms with Crippen LogP contribution in [0.2, 0.25) is 0 Å². The van der Waals surface area contributed by atoms with Crippen LogP contribution in [0.25, 0.3) is 0 Å². The lowest BCUT2D eigenvalue weighted by molar-refractivity contribution is 0.0943. The van der Waals surface area contributed by atoms with Crippen LogP contribution in [-0.4, -0.2) is 5.78 Å². The summed E-state index contributed by atoms with van der Waals surface area (Å²) in [7, 11) is 0. The van der Waals surface area contributed by atoms with Crippen molar-refractivity contribution in [2.75, 3.05) is 0 Å². The zero-order chi connectivity index (χ0) is 12.1. The summed E-state index contributed by atoms with van der Waals surface area (Å²) in [5, 5.41) is 8.85. The molecule has 0 saturated carbocycles. The third kappa shape index (κ3) is 3.14. The van der Waals surface area contributed by atoms with E-state index in [1.165, 1.54) is 12.1 Å². The molecule has 1 aromatic carbocycles. The number of carbonyl (C=O) groups is 1. The Morgan fingerprint density at radius 2 is 2.25 bits per heavy atom. The van der Waals surface area contributed by atoms with Gasteiger partial charge in [-0.2, -0.15) is 5.26 Å². The van der Waals surface area contributed by atoms with E-state index in [-0.39, 0.29) is 11.3 Å². The Bertz CT molecular complexity index is 419. The average Bonchev–Trinajstić information content (AvgIpc) is 2.23. The number of benzene rings is 1. The summed E-state index contributed by atoms with van der Waals surface area (Å²) in [4.78, 5) is 11.9. The van der Waals surface area contributed by atoms with Crippen LogP contribution in [0.3, 0.4) is 0 Å². The van der Waals surface area contributed by atoms with Crippen LogP contribution in [0, 0.1) is 23.1 Å². The van der Waals surface area contributed by atoms with E-state index in [1.54, 1.807) is 0 Å². The van der Waals surface area contributed by atoms with E-state index < -0.39 is 11.7 Å². The molecular weight excluding hydrogens is 273 g/mol. The molecule has 0 aromatic heterocycles. The lowest BCUT2D eigenvalue weighted by Gasteiger charge is -2.07. The highest BCUT2D eigenvalue weighted by Crippen LogP contribution is 2.19. The average molecular weight is 284 g/mol. The van der Waals surface area contributed by atoms with Crippen LogP contribution in [0.4, 0.5) is 4.39 Å². The molecule has 0 spiro atoms. The molecule has 1 atom stereocenters. The van der Waals surface area contributed by atoms with Gasteiger partial charge >= 0.3 is 0 Å². The molecule has 0 bridgehead atoms. The number of nitriles is 1. The molecule has 0 fully saturated rings. The molecule has 2 nitrogen and oxygen atoms in total. The highest BCUT2D eigenvalue weighted by atomic mass is 79.9. The van der Waals surface area contributed by atoms with Crippen LogP contribution in [0.5, 0.6) is 0 Å². The van der Waals surface area contributed by atoms with Crippen molar-refractivity contribution in [1.82, 2.24) is 0 Å². The smallest absolute Gasteiger partial charge is 0.180 e. The van der Waals surface area contributed by atoms with Gasteiger partial charge < -0.3 is 0 Å². The minimum Gasteiger partial charge on any atom is -0.293 e. The number of hydrogen-bond acceptors (Lipinski definition) is 2. The first-order chi connectivity index (χ1) is 7.58. The van der Waals surface area contributed by atoms with Gasteiger partial charge in [0.2, 0.25) is 0 Å². The van der Waals surface area contributed by atoms with Crippen molar-refractivity contribution in [3.8, 4) is 6.07 Å². The maximum absolute atomic E-state index is 13.1. The summed E-state index contributed by atoms with van der Waals surface area (Å²) in [6.07, 6.45) is 1.25. The second-order valence-electron chi connectivity index (χ2n) is 3.49. The Balaban J connectivity index is 3.00. The van der Waals surface area contributed by atoms with E-state index >= 15 is 0 Å². The zero-order valence-electron chi connectivity index (χ0n) is 8.84. The fraction of sp³-hybridized carbons (Fsp3) is 0.333. The van der Waals surface area contributed by atoms with Gasteiger partial charge in [-0.1, -0.05) is 29.3 Å². The highest BCUT2D eigenvalue weighted by molar-refractivity contribution is 9.10. The molecular formula is C12H11BrFNO. The summed E-state index contributed by atoms with van der Waals surface area (Å²) < 4.78 is 13.6. The molecule has 1 aromatic rings. The van der Waals surface area contributed by atoms with Crippen molar-refractivity contribution in [3.05, 3.63) is 34.1 Å². The first-order valence-corrected chi connectivity index (χ1v) is 5.77. The molecule has 0 aliphatic heterocycles. The molecule has 84 valence electrons. The van der Waals surface area contributed by atoms with Crippen LogP contribution in [0.1, 0.15) is 30.1 Å². The number of nitrogens with zero attached hydrogens (tertiary/aromatic N) is 1. The van der Waals surface area contributed by atoms with Gasteiger partial charge in [-0.3, -0.25) is 4.79 Å². The summed E-state index contributed by atoms with van der Waals surface area (Å²) in [6.45, 7) is 1.90. The topological polar surface area (TPSA) is 40.9 Å². The van der Waals surface area contributed by atoms with Gasteiger partial charge in [-0.25, -0.2) is 4.39 Å². The minimum absolute atomic E-state index is 0.242. The lowest BCUT2D eigenvalue weighted by atomic mass is 9.95. The standard InChI is InChI=1S/C12H11BrFNO/c1-2-3-8(7-15)12(16)9-4-10(13)6-11(14)5-9/h4-6,8H,2-3H2,1H3. The van der Waals surface area contributed by atoms with Crippen LogP contribution in [-0.2, 0) is 0 Å². The number of hydrogen-bond donors (Lipinski definition) is 0. The molecule has 0 heterocycles. The molecule has 4 heteroatoms. The maximum Gasteiger partial charge on any atom is 0.180 e. The van der Waals surface area contributed by atoms with Crippen molar-refractivity contribution in [1.29, 1.82) is 5.26 Å². The van der Waals surface area contributed by atoms with Gasteiger partial charge in [0, 0.05) is 10.0 Å². The predicted molar refractivity (Wildman–Crippen MR) is 62.4 cm³/mol. The molecule has 0 amide bonds. The summed E-state index contributed by atoms with van der Waals surface area (Å²) in [6, 6.07) is 5.92. The first kappa shape index (κ1) is 12.9. The lowest BCUT2D eigenvalue weighted by Crippen LogP contribution is -2.13. The predicted octanol–water partition coefficient (Wildman–Crippen LogP) is 3.71. The molecule has 0 saturated heterocycles. The summed E-state index contributed by atoms with van der Waals surface area (Å²) in [5.41, 5.74) is 0.242. The van der Waals surface area contributed by atoms with E-state index in [2.05, 4.69) is 15.9 Å². The van der Waals surface area contributed by atoms with E-state index in [0.717, 1.165) is 12.5 Å². The minimum atomic E-state index is -0.682. The molecule has 1 rings (SSSR count). The Morgan fingerprint density at radius 3 is 2.75 bits per heavy atom. The summed E-state index contributed by atoms with van der Waals surface area (Å²) >= 11 is 3.12. The van der Waals surface area contributed by atoms with Gasteiger partial charge in [-0.15, -0.1) is 0 Å². The maximum atomic E-state index is 13.1. The molecule has 16 heavy (non-hydrogen) atoms. The van der Waals surface area contributed by atoms with Gasteiger partial charge in [-0.05, 0) is 24.6 Å². The number of ketones is 1.